The van der Waals surface area contributed by atoms with Crippen LogP contribution < -0.4 is 4.74 Å². The van der Waals surface area contributed by atoms with Crippen LogP contribution >= 0.6 is 0 Å². The van der Waals surface area contributed by atoms with E-state index < -0.39 is 6.10 Å². The fraction of sp³-hybridized carbons (Fsp3) is 0.316. The Morgan fingerprint density at radius 1 is 1.13 bits per heavy atom. The van der Waals surface area contributed by atoms with Crippen molar-refractivity contribution in [1.29, 1.82) is 0 Å². The van der Waals surface area contributed by atoms with Crippen LogP contribution in [0.3, 0.4) is 0 Å². The molecule has 1 amide bonds. The average Bonchev–Trinajstić information content (AvgIpc) is 2.56. The Morgan fingerprint density at radius 3 is 2.43 bits per heavy atom. The van der Waals surface area contributed by atoms with Crippen molar-refractivity contribution in [2.45, 2.75) is 26.5 Å². The van der Waals surface area contributed by atoms with Gasteiger partial charge in [-0.3, -0.25) is 4.79 Å². The normalized spacial score (nSPS) is 11.8. The number of carbonyl (C=O) groups is 1. The monoisotopic (exact) mass is 313 g/mol. The first-order valence-corrected chi connectivity index (χ1v) is 7.85. The highest BCUT2D eigenvalue weighted by atomic mass is 16.5. The van der Waals surface area contributed by atoms with Crippen molar-refractivity contribution in [2.75, 3.05) is 13.2 Å². The number of rotatable bonds is 7. The number of aliphatic hydroxyl groups excluding tert-OH is 1. The van der Waals surface area contributed by atoms with Gasteiger partial charge in [0.05, 0.1) is 12.7 Å². The average molecular weight is 313 g/mol. The topological polar surface area (TPSA) is 49.8 Å². The van der Waals surface area contributed by atoms with Gasteiger partial charge in [-0.25, -0.2) is 0 Å². The van der Waals surface area contributed by atoms with Gasteiger partial charge < -0.3 is 14.7 Å². The number of carbonyl (C=O) groups excluding carboxylic acids is 1. The summed E-state index contributed by atoms with van der Waals surface area (Å²) in [6, 6.07) is 16.8. The third kappa shape index (κ3) is 4.83. The third-order valence-corrected chi connectivity index (χ3v) is 3.43. The molecule has 0 aliphatic rings. The van der Waals surface area contributed by atoms with Crippen molar-refractivity contribution in [3.05, 3.63) is 65.7 Å². The van der Waals surface area contributed by atoms with E-state index >= 15 is 0 Å². The zero-order valence-electron chi connectivity index (χ0n) is 13.6. The number of aliphatic hydroxyl groups is 1. The largest absolute Gasteiger partial charge is 0.494 e. The second kappa shape index (κ2) is 8.34. The number of amides is 1. The summed E-state index contributed by atoms with van der Waals surface area (Å²) in [4.78, 5) is 14.4. The van der Waals surface area contributed by atoms with Crippen molar-refractivity contribution in [1.82, 2.24) is 4.90 Å². The quantitative estimate of drug-likeness (QED) is 0.854. The predicted octanol–water partition coefficient (Wildman–Crippen LogP) is 3.11. The maximum atomic E-state index is 12.7. The smallest absolute Gasteiger partial charge is 0.254 e. The molecule has 0 fully saturated rings. The highest BCUT2D eigenvalue weighted by Crippen LogP contribution is 2.21. The zero-order chi connectivity index (χ0) is 16.7. The molecule has 0 saturated carbocycles. The van der Waals surface area contributed by atoms with E-state index in [0.29, 0.717) is 18.7 Å². The minimum atomic E-state index is -0.595. The van der Waals surface area contributed by atoms with Gasteiger partial charge >= 0.3 is 0 Å². The van der Waals surface area contributed by atoms with Crippen molar-refractivity contribution in [3.63, 3.8) is 0 Å². The molecule has 23 heavy (non-hydrogen) atoms. The Morgan fingerprint density at radius 2 is 1.78 bits per heavy atom. The summed E-state index contributed by atoms with van der Waals surface area (Å²) in [6.45, 7) is 4.85. The SMILES string of the molecule is CCOc1ccccc1CN(CC(C)O)C(=O)c1ccccc1. The van der Waals surface area contributed by atoms with E-state index in [1.165, 1.54) is 0 Å². The minimum Gasteiger partial charge on any atom is -0.494 e. The molecule has 1 unspecified atom stereocenters. The summed E-state index contributed by atoms with van der Waals surface area (Å²) >= 11 is 0. The summed E-state index contributed by atoms with van der Waals surface area (Å²) in [5.41, 5.74) is 1.54. The molecule has 0 saturated heterocycles. The van der Waals surface area contributed by atoms with Gasteiger partial charge in [-0.1, -0.05) is 36.4 Å². The van der Waals surface area contributed by atoms with Crippen LogP contribution in [-0.4, -0.2) is 35.2 Å². The molecule has 0 bridgehead atoms. The molecule has 2 aromatic carbocycles. The number of hydrogen-bond acceptors (Lipinski definition) is 3. The molecule has 1 atom stereocenters. The van der Waals surface area contributed by atoms with E-state index in [1.807, 2.05) is 49.4 Å². The lowest BCUT2D eigenvalue weighted by Gasteiger charge is -2.25. The van der Waals surface area contributed by atoms with Crippen molar-refractivity contribution in [3.8, 4) is 5.75 Å². The van der Waals surface area contributed by atoms with E-state index in [1.54, 1.807) is 24.0 Å². The number of para-hydroxylation sites is 1. The maximum Gasteiger partial charge on any atom is 0.254 e. The highest BCUT2D eigenvalue weighted by Gasteiger charge is 2.19. The van der Waals surface area contributed by atoms with Crippen LogP contribution in [0.4, 0.5) is 0 Å². The molecular formula is C19H23NO3. The molecule has 4 nitrogen and oxygen atoms in total. The van der Waals surface area contributed by atoms with Crippen molar-refractivity contribution < 1.29 is 14.6 Å². The van der Waals surface area contributed by atoms with Crippen molar-refractivity contribution >= 4 is 5.91 Å². The van der Waals surface area contributed by atoms with Crippen molar-refractivity contribution in [2.24, 2.45) is 0 Å². The molecule has 0 spiro atoms. The lowest BCUT2D eigenvalue weighted by atomic mass is 10.1. The van der Waals surface area contributed by atoms with E-state index in [9.17, 15) is 9.90 Å². The fourth-order valence-electron chi connectivity index (χ4n) is 2.44. The Kier molecular flexibility index (Phi) is 6.18. The van der Waals surface area contributed by atoms with Crippen LogP contribution in [0.5, 0.6) is 5.75 Å². The van der Waals surface area contributed by atoms with Crippen LogP contribution in [-0.2, 0) is 6.54 Å². The first-order valence-electron chi connectivity index (χ1n) is 7.85. The van der Waals surface area contributed by atoms with E-state index in [4.69, 9.17) is 4.74 Å². The molecule has 122 valence electrons. The van der Waals surface area contributed by atoms with Crippen LogP contribution in [0.2, 0.25) is 0 Å². The summed E-state index contributed by atoms with van der Waals surface area (Å²) in [5.74, 6) is 0.671. The number of hydrogen-bond donors (Lipinski definition) is 1. The van der Waals surface area contributed by atoms with E-state index in [-0.39, 0.29) is 12.5 Å². The molecule has 0 heterocycles. The lowest BCUT2D eigenvalue weighted by molar-refractivity contribution is 0.0628. The van der Waals surface area contributed by atoms with Gasteiger partial charge in [0, 0.05) is 24.2 Å². The van der Waals surface area contributed by atoms with E-state index in [0.717, 1.165) is 11.3 Å². The number of nitrogens with zero attached hydrogens (tertiary/aromatic N) is 1. The summed E-state index contributed by atoms with van der Waals surface area (Å²) < 4.78 is 5.63. The van der Waals surface area contributed by atoms with Gasteiger partial charge in [0.1, 0.15) is 5.75 Å². The predicted molar refractivity (Wildman–Crippen MR) is 90.5 cm³/mol. The molecular weight excluding hydrogens is 290 g/mol. The van der Waals surface area contributed by atoms with Gasteiger partial charge in [-0.05, 0) is 32.0 Å². The standard InChI is InChI=1S/C19H23NO3/c1-3-23-18-12-8-7-11-17(18)14-20(13-15(2)21)19(22)16-9-5-4-6-10-16/h4-12,15,21H,3,13-14H2,1-2H3. The minimum absolute atomic E-state index is 0.0993. The molecule has 1 N–H and O–H groups in total. The van der Waals surface area contributed by atoms with Crippen LogP contribution in [0.25, 0.3) is 0 Å². The lowest BCUT2D eigenvalue weighted by Crippen LogP contribution is -2.36. The maximum absolute atomic E-state index is 12.7. The number of ether oxygens (including phenoxy) is 1. The van der Waals surface area contributed by atoms with Gasteiger partial charge in [0.15, 0.2) is 0 Å². The molecule has 0 aromatic heterocycles. The van der Waals surface area contributed by atoms with Crippen LogP contribution in [0.1, 0.15) is 29.8 Å². The summed E-state index contributed by atoms with van der Waals surface area (Å²) in [7, 11) is 0. The fourth-order valence-corrected chi connectivity index (χ4v) is 2.44. The Labute approximate surface area is 137 Å². The second-order valence-corrected chi connectivity index (χ2v) is 5.44. The van der Waals surface area contributed by atoms with Crippen LogP contribution in [0.15, 0.2) is 54.6 Å². The summed E-state index contributed by atoms with van der Waals surface area (Å²) in [6.07, 6.45) is -0.595. The van der Waals surface area contributed by atoms with Gasteiger partial charge in [0.25, 0.3) is 5.91 Å². The molecule has 2 rings (SSSR count). The molecule has 0 radical (unpaired) electrons. The molecule has 2 aromatic rings. The first-order chi connectivity index (χ1) is 11.1. The van der Waals surface area contributed by atoms with Crippen LogP contribution in [0, 0.1) is 0 Å². The zero-order valence-corrected chi connectivity index (χ0v) is 13.6. The Hall–Kier alpha value is -2.33. The molecule has 4 heteroatoms. The van der Waals surface area contributed by atoms with E-state index in [2.05, 4.69) is 0 Å². The third-order valence-electron chi connectivity index (χ3n) is 3.43. The Bertz CT molecular complexity index is 626. The second-order valence-electron chi connectivity index (χ2n) is 5.44. The molecule has 0 aliphatic carbocycles. The van der Waals surface area contributed by atoms with Gasteiger partial charge in [-0.2, -0.15) is 0 Å². The van der Waals surface area contributed by atoms with Gasteiger partial charge in [0.2, 0.25) is 0 Å². The Balaban J connectivity index is 2.24. The highest BCUT2D eigenvalue weighted by molar-refractivity contribution is 5.94. The molecule has 0 aliphatic heterocycles. The summed E-state index contributed by atoms with van der Waals surface area (Å²) in [5, 5.41) is 9.74. The number of benzene rings is 2. The van der Waals surface area contributed by atoms with Gasteiger partial charge in [-0.15, -0.1) is 0 Å². The first kappa shape index (κ1) is 17.0.